The van der Waals surface area contributed by atoms with Crippen LogP contribution in [0.1, 0.15) is 87.5 Å². The fourth-order valence-electron chi connectivity index (χ4n) is 4.94. The molecule has 4 nitrogen and oxygen atoms in total. The lowest BCUT2D eigenvalue weighted by Gasteiger charge is -2.47. The van der Waals surface area contributed by atoms with Gasteiger partial charge in [-0.3, -0.25) is 0 Å². The van der Waals surface area contributed by atoms with E-state index < -0.39 is 22.4 Å². The molecular formula is C28H52O4Si2. The molecule has 0 amide bonds. The molecule has 1 saturated heterocycles. The lowest BCUT2D eigenvalue weighted by Crippen LogP contribution is -2.48. The molecule has 0 N–H and O–H groups in total. The zero-order valence-corrected chi connectivity index (χ0v) is 26.2. The van der Waals surface area contributed by atoms with Gasteiger partial charge >= 0.3 is 0 Å². The number of rotatable bonds is 7. The van der Waals surface area contributed by atoms with Crippen LogP contribution in [0, 0.1) is 5.41 Å². The summed E-state index contributed by atoms with van der Waals surface area (Å²) in [4.78, 5) is 0. The molecule has 0 aromatic heterocycles. The van der Waals surface area contributed by atoms with Crippen LogP contribution in [0.2, 0.25) is 36.3 Å². The van der Waals surface area contributed by atoms with Crippen LogP contribution in [0.4, 0.5) is 0 Å². The quantitative estimate of drug-likeness (QED) is 0.324. The average Bonchev–Trinajstić information content (AvgIpc) is 3.23. The van der Waals surface area contributed by atoms with Crippen LogP contribution >= 0.6 is 0 Å². The van der Waals surface area contributed by atoms with Gasteiger partial charge in [0.05, 0.1) is 25.1 Å². The van der Waals surface area contributed by atoms with Crippen molar-refractivity contribution >= 4 is 16.6 Å². The molecule has 1 aliphatic heterocycles. The molecule has 3 aliphatic rings. The van der Waals surface area contributed by atoms with Gasteiger partial charge in [0.15, 0.2) is 14.1 Å². The predicted molar refractivity (Wildman–Crippen MR) is 147 cm³/mol. The predicted octanol–water partition coefficient (Wildman–Crippen LogP) is 8.33. The molecule has 0 spiro atoms. The maximum Gasteiger partial charge on any atom is 0.250 e. The van der Waals surface area contributed by atoms with E-state index in [1.807, 2.05) is 0 Å². The number of ether oxygens (including phenoxy) is 2. The Morgan fingerprint density at radius 1 is 0.941 bits per heavy atom. The highest BCUT2D eigenvalue weighted by Crippen LogP contribution is 2.56. The van der Waals surface area contributed by atoms with Crippen molar-refractivity contribution in [2.24, 2.45) is 5.41 Å². The summed E-state index contributed by atoms with van der Waals surface area (Å²) in [5, 5.41) is 0.384. The molecule has 2 atom stereocenters. The molecule has 1 fully saturated rings. The molecule has 0 radical (unpaired) electrons. The van der Waals surface area contributed by atoms with Crippen molar-refractivity contribution in [3.05, 3.63) is 23.0 Å². The topological polar surface area (TPSA) is 36.9 Å². The molecule has 0 saturated carbocycles. The highest BCUT2D eigenvalue weighted by atomic mass is 28.4. The van der Waals surface area contributed by atoms with E-state index in [4.69, 9.17) is 18.3 Å². The summed E-state index contributed by atoms with van der Waals surface area (Å²) in [5.41, 5.74) is 2.92. The normalized spacial score (nSPS) is 28.2. The average molecular weight is 509 g/mol. The Morgan fingerprint density at radius 2 is 1.50 bits per heavy atom. The van der Waals surface area contributed by atoms with Crippen molar-refractivity contribution in [2.45, 2.75) is 136 Å². The van der Waals surface area contributed by atoms with Crippen molar-refractivity contribution in [3.63, 3.8) is 0 Å². The smallest absolute Gasteiger partial charge is 0.250 e. The number of fused-ring (bicyclic) bond motifs is 1. The minimum atomic E-state index is -1.93. The zero-order chi connectivity index (χ0) is 25.8. The maximum absolute atomic E-state index is 7.05. The van der Waals surface area contributed by atoms with E-state index in [-0.39, 0.29) is 21.6 Å². The zero-order valence-electron chi connectivity index (χ0n) is 24.2. The molecule has 0 unspecified atom stereocenters. The largest absolute Gasteiger partial charge is 0.546 e. The lowest BCUT2D eigenvalue weighted by atomic mass is 9.69. The van der Waals surface area contributed by atoms with Crippen molar-refractivity contribution in [1.29, 1.82) is 0 Å². The van der Waals surface area contributed by atoms with Gasteiger partial charge in [-0.05, 0) is 73.6 Å². The van der Waals surface area contributed by atoms with Gasteiger partial charge in [0.25, 0.3) is 0 Å². The molecule has 34 heavy (non-hydrogen) atoms. The molecule has 196 valence electrons. The molecule has 0 aromatic carbocycles. The molecule has 3 rings (SSSR count). The first kappa shape index (κ1) is 28.2. The summed E-state index contributed by atoms with van der Waals surface area (Å²) in [7, 11) is -3.79. The van der Waals surface area contributed by atoms with E-state index in [1.54, 1.807) is 0 Å². The lowest BCUT2D eigenvalue weighted by molar-refractivity contribution is -0.146. The highest BCUT2D eigenvalue weighted by molar-refractivity contribution is 6.74. The Kier molecular flexibility index (Phi) is 7.59. The SMILES string of the molecule is CC1(CCC2=C(O[Si](C)(C)C(C)(C)C)CC[C@@]3(C)C2=CC[C@@H]3O[Si](C)(C)C(C)(C)C)OCCO1. The minimum absolute atomic E-state index is 0.0451. The van der Waals surface area contributed by atoms with E-state index in [9.17, 15) is 0 Å². The van der Waals surface area contributed by atoms with Crippen LogP contribution in [0.25, 0.3) is 0 Å². The van der Waals surface area contributed by atoms with E-state index >= 15 is 0 Å². The number of hydrogen-bond donors (Lipinski definition) is 0. The third-order valence-corrected chi connectivity index (χ3v) is 18.4. The third-order valence-electron chi connectivity index (χ3n) is 9.55. The monoisotopic (exact) mass is 508 g/mol. The second-order valence-electron chi connectivity index (χ2n) is 14.2. The van der Waals surface area contributed by atoms with Gasteiger partial charge in [-0.15, -0.1) is 0 Å². The standard InChI is InChI=1S/C28H52O4Si2/c1-25(2,3)33(9,10)31-23-16-17-27(7)22(21(23)15-18-28(8)29-19-20-30-28)13-14-24(27)32-34(11,12)26(4,5)6/h13,24H,14-20H2,1-12H3/t24-,27-/m0/s1. The van der Waals surface area contributed by atoms with Gasteiger partial charge in [0.1, 0.15) is 0 Å². The number of allylic oxidation sites excluding steroid dienone is 2. The van der Waals surface area contributed by atoms with Crippen LogP contribution in [-0.2, 0) is 18.3 Å². The molecular weight excluding hydrogens is 456 g/mol. The van der Waals surface area contributed by atoms with E-state index in [1.165, 1.54) is 16.9 Å². The second kappa shape index (κ2) is 9.16. The fraction of sp³-hybridized carbons (Fsp3) is 0.857. The minimum Gasteiger partial charge on any atom is -0.546 e. The van der Waals surface area contributed by atoms with Crippen LogP contribution in [0.5, 0.6) is 0 Å². The first-order valence-electron chi connectivity index (χ1n) is 13.4. The van der Waals surface area contributed by atoms with E-state index in [0.717, 1.165) is 32.1 Å². The van der Waals surface area contributed by atoms with Gasteiger partial charge in [0.2, 0.25) is 8.32 Å². The van der Waals surface area contributed by atoms with Crippen LogP contribution in [0.15, 0.2) is 23.0 Å². The Balaban J connectivity index is 1.93. The maximum atomic E-state index is 7.05. The van der Waals surface area contributed by atoms with Gasteiger partial charge in [-0.1, -0.05) is 54.5 Å². The summed E-state index contributed by atoms with van der Waals surface area (Å²) >= 11 is 0. The van der Waals surface area contributed by atoms with Crippen LogP contribution < -0.4 is 0 Å². The summed E-state index contributed by atoms with van der Waals surface area (Å²) in [6, 6.07) is 0. The Hall–Kier alpha value is -0.406. The summed E-state index contributed by atoms with van der Waals surface area (Å²) < 4.78 is 26.0. The van der Waals surface area contributed by atoms with Crippen molar-refractivity contribution in [1.82, 2.24) is 0 Å². The van der Waals surface area contributed by atoms with E-state index in [2.05, 4.69) is 87.7 Å². The van der Waals surface area contributed by atoms with Crippen molar-refractivity contribution in [3.8, 4) is 0 Å². The highest BCUT2D eigenvalue weighted by Gasteiger charge is 2.51. The van der Waals surface area contributed by atoms with Gasteiger partial charge in [-0.25, -0.2) is 0 Å². The summed E-state index contributed by atoms with van der Waals surface area (Å²) in [5.74, 6) is 0.740. The second-order valence-corrected chi connectivity index (χ2v) is 23.7. The first-order chi connectivity index (χ1) is 15.3. The first-order valence-corrected chi connectivity index (χ1v) is 19.2. The molecule has 1 heterocycles. The molecule has 2 aliphatic carbocycles. The van der Waals surface area contributed by atoms with Gasteiger partial charge < -0.3 is 18.3 Å². The van der Waals surface area contributed by atoms with E-state index in [0.29, 0.717) is 13.2 Å². The van der Waals surface area contributed by atoms with Crippen molar-refractivity contribution < 1.29 is 18.3 Å². The number of hydrogen-bond acceptors (Lipinski definition) is 4. The summed E-state index contributed by atoms with van der Waals surface area (Å²) in [6.45, 7) is 29.4. The van der Waals surface area contributed by atoms with Crippen molar-refractivity contribution in [2.75, 3.05) is 13.2 Å². The Morgan fingerprint density at radius 3 is 2.03 bits per heavy atom. The molecule has 0 bridgehead atoms. The van der Waals surface area contributed by atoms with Gasteiger partial charge in [-0.2, -0.15) is 0 Å². The summed E-state index contributed by atoms with van der Waals surface area (Å²) in [6.07, 6.45) is 7.59. The Labute approximate surface area is 212 Å². The Bertz CT molecular complexity index is 822. The van der Waals surface area contributed by atoms with Gasteiger partial charge in [0, 0.05) is 18.3 Å². The van der Waals surface area contributed by atoms with Crippen LogP contribution in [-0.4, -0.2) is 41.7 Å². The molecule has 6 heteroatoms. The van der Waals surface area contributed by atoms with Crippen LogP contribution in [0.3, 0.4) is 0 Å². The fourth-order valence-corrected chi connectivity index (χ4v) is 7.51. The molecule has 0 aromatic rings. The third kappa shape index (κ3) is 5.46.